The molecule has 20 nitrogen and oxygen atoms in total. The van der Waals surface area contributed by atoms with Gasteiger partial charge in [-0.2, -0.15) is 0 Å². The van der Waals surface area contributed by atoms with Crippen molar-refractivity contribution >= 4 is 29.8 Å². The topological polar surface area (TPSA) is 205 Å². The van der Waals surface area contributed by atoms with Crippen LogP contribution in [0.4, 0.5) is 44.7 Å². The van der Waals surface area contributed by atoms with Crippen molar-refractivity contribution in [3.63, 3.8) is 0 Å². The van der Waals surface area contributed by atoms with Crippen molar-refractivity contribution in [2.45, 2.75) is 259 Å². The molecule has 20 rings (SSSR count). The van der Waals surface area contributed by atoms with E-state index in [1.54, 1.807) is 11.0 Å². The maximum absolute atomic E-state index is 13.8. The number of aliphatic hydroxyl groups excluding tert-OH is 1. The highest BCUT2D eigenvalue weighted by atomic mass is 19.2. The second kappa shape index (κ2) is 39.8. The molecule has 6 amide bonds. The summed E-state index contributed by atoms with van der Waals surface area (Å²) in [6.45, 7) is 44.8. The average molecular weight is 1910 g/mol. The van der Waals surface area contributed by atoms with E-state index in [2.05, 4.69) is 86.6 Å². The van der Waals surface area contributed by atoms with Crippen molar-refractivity contribution in [3.8, 4) is 0 Å². The number of hydrogen-bond donors (Lipinski definition) is 1. The molecule has 0 aromatic heterocycles. The van der Waals surface area contributed by atoms with Gasteiger partial charge < -0.3 is 62.4 Å². The number of hydrogen-bond acceptors (Lipinski definition) is 16. The molecule has 8 saturated carbocycles. The van der Waals surface area contributed by atoms with Crippen LogP contribution in [0.25, 0.3) is 0 Å². The van der Waals surface area contributed by atoms with Gasteiger partial charge in [-0.15, -0.1) is 0 Å². The van der Waals surface area contributed by atoms with Crippen LogP contribution in [0.15, 0.2) is 121 Å². The van der Waals surface area contributed by atoms with Crippen molar-refractivity contribution in [1.29, 1.82) is 0 Å². The minimum atomic E-state index is -0.914. The number of likely N-dealkylation sites (N-methyl/N-ethyl adjacent to an activating group) is 1. The Hall–Kier alpha value is -7.77. The summed E-state index contributed by atoms with van der Waals surface area (Å²) in [5.74, 6) is -4.33. The summed E-state index contributed by atoms with van der Waals surface area (Å²) in [7, 11) is 1.86. The third kappa shape index (κ3) is 19.1. The second-order valence-corrected chi connectivity index (χ2v) is 45.0. The van der Waals surface area contributed by atoms with Crippen molar-refractivity contribution in [1.82, 2.24) is 24.5 Å². The summed E-state index contributed by atoms with van der Waals surface area (Å²) in [6.07, 6.45) is 18.2. The zero-order valence-electron chi connectivity index (χ0n) is 81.4. The Labute approximate surface area is 802 Å². The third-order valence-corrected chi connectivity index (χ3v) is 37.4. The van der Waals surface area contributed by atoms with E-state index in [0.717, 1.165) is 216 Å². The summed E-state index contributed by atoms with van der Waals surface area (Å²) >= 11 is 0. The third-order valence-electron chi connectivity index (χ3n) is 37.4. The number of piperidine rings is 1. The number of allylic oxidation sites excluding steroid dienone is 4. The second-order valence-electron chi connectivity index (χ2n) is 45.0. The van der Waals surface area contributed by atoms with Crippen LogP contribution in [0.1, 0.15) is 257 Å². The van der Waals surface area contributed by atoms with E-state index < -0.39 is 77.8 Å². The van der Waals surface area contributed by atoms with Gasteiger partial charge in [-0.1, -0.05) is 128 Å². The van der Waals surface area contributed by atoms with E-state index in [0.29, 0.717) is 129 Å². The van der Waals surface area contributed by atoms with Crippen molar-refractivity contribution in [3.05, 3.63) is 190 Å². The number of cyclic esters (lactones) is 1. The van der Waals surface area contributed by atoms with E-state index in [9.17, 15) is 64.2 Å². The zero-order chi connectivity index (χ0) is 97.5. The van der Waals surface area contributed by atoms with Gasteiger partial charge in [0.2, 0.25) is 11.8 Å². The number of carbonyl (C=O) groups excluding carboxylic acids is 5. The Balaban J connectivity index is 0.000000127. The number of imide groups is 2. The first kappa shape index (κ1) is 101. The van der Waals surface area contributed by atoms with Crippen LogP contribution in [0.2, 0.25) is 0 Å². The first-order chi connectivity index (χ1) is 65.1. The highest BCUT2D eigenvalue weighted by Crippen LogP contribution is 2.69. The molecule has 4 unspecified atom stereocenters. The molecular formula is C109H141F8N5O15. The van der Waals surface area contributed by atoms with Crippen LogP contribution in [0.5, 0.6) is 0 Å². The zero-order valence-corrected chi connectivity index (χ0v) is 81.4. The van der Waals surface area contributed by atoms with Gasteiger partial charge in [-0.25, -0.2) is 49.6 Å². The number of nitrogens with zero attached hydrogens (tertiary/aromatic N) is 5. The molecule has 8 heterocycles. The maximum atomic E-state index is 13.8. The van der Waals surface area contributed by atoms with E-state index in [4.69, 9.17) is 42.6 Å². The van der Waals surface area contributed by atoms with Gasteiger partial charge in [0.1, 0.15) is 0 Å². The molecule has 137 heavy (non-hydrogen) atoms. The molecule has 748 valence electrons. The number of rotatable bonds is 17. The number of benzene rings is 4. The predicted molar refractivity (Wildman–Crippen MR) is 496 cm³/mol. The van der Waals surface area contributed by atoms with Gasteiger partial charge in [0, 0.05) is 103 Å². The first-order valence-corrected chi connectivity index (χ1v) is 50.4. The lowest BCUT2D eigenvalue weighted by Crippen LogP contribution is -2.60. The molecule has 0 spiro atoms. The quantitative estimate of drug-likeness (QED) is 0.0593. The van der Waals surface area contributed by atoms with Gasteiger partial charge in [0.25, 0.3) is 5.91 Å². The van der Waals surface area contributed by atoms with Crippen LogP contribution >= 0.6 is 0 Å². The number of fused-ring (bicyclic) bond motifs is 12. The van der Waals surface area contributed by atoms with Crippen LogP contribution in [-0.2, 0) is 57.0 Å². The van der Waals surface area contributed by atoms with Crippen LogP contribution < -0.4 is 0 Å². The van der Waals surface area contributed by atoms with E-state index in [-0.39, 0.29) is 110 Å². The van der Waals surface area contributed by atoms with Gasteiger partial charge in [-0.05, 0) is 284 Å². The monoisotopic (exact) mass is 1910 g/mol. The molecular weight excluding hydrogens is 1770 g/mol. The highest BCUT2D eigenvalue weighted by molar-refractivity contribution is 6.02. The van der Waals surface area contributed by atoms with Gasteiger partial charge in [-0.3, -0.25) is 19.3 Å². The Morgan fingerprint density at radius 2 is 0.664 bits per heavy atom. The average Bonchev–Trinajstić information content (AvgIpc) is 1.37. The molecule has 28 heteroatoms. The van der Waals surface area contributed by atoms with Gasteiger partial charge >= 0.3 is 12.1 Å². The lowest BCUT2D eigenvalue weighted by molar-refractivity contribution is -0.307. The van der Waals surface area contributed by atoms with E-state index in [1.165, 1.54) is 56.9 Å². The lowest BCUT2D eigenvalue weighted by Gasteiger charge is -2.62. The summed E-state index contributed by atoms with van der Waals surface area (Å²) in [5, 5.41) is 9.45. The number of halogens is 8. The van der Waals surface area contributed by atoms with Crippen LogP contribution in [0, 0.1) is 143 Å². The van der Waals surface area contributed by atoms with Crippen molar-refractivity contribution in [2.24, 2.45) is 96.6 Å². The fourth-order valence-electron chi connectivity index (χ4n) is 29.7. The molecule has 0 radical (unpaired) electrons. The molecule has 24 atom stereocenters. The Morgan fingerprint density at radius 1 is 0.358 bits per heavy atom. The summed E-state index contributed by atoms with van der Waals surface area (Å²) in [5.41, 5.74) is 6.47. The normalized spacial score (nSPS) is 38.2. The molecule has 4 aromatic rings. The van der Waals surface area contributed by atoms with E-state index >= 15 is 0 Å². The smallest absolute Gasteiger partial charge is 0.417 e. The largest absolute Gasteiger partial charge is 0.439 e. The summed E-state index contributed by atoms with van der Waals surface area (Å²) in [4.78, 5) is 69.5. The molecule has 8 saturated heterocycles. The molecule has 1 N–H and O–H groups in total. The lowest BCUT2D eigenvalue weighted by atomic mass is 9.46. The van der Waals surface area contributed by atoms with Crippen LogP contribution in [-0.4, -0.2) is 183 Å². The molecule has 4 aromatic carbocycles. The fraction of sp³-hybridized carbons (Fsp3) is 0.661. The molecule has 16 fully saturated rings. The minimum absolute atomic E-state index is 0.00161. The molecule has 0 bridgehead atoms. The van der Waals surface area contributed by atoms with Gasteiger partial charge in [0.05, 0.1) is 50.8 Å². The molecule has 8 aliphatic carbocycles. The Bertz CT molecular complexity index is 5040. The number of aliphatic hydroxyl groups is 1. The summed E-state index contributed by atoms with van der Waals surface area (Å²) in [6, 6.07) is 15.4. The first-order valence-electron chi connectivity index (χ1n) is 50.4. The number of urea groups is 1. The predicted octanol–water partition coefficient (Wildman–Crippen LogP) is 21.8. The number of amides is 6. The SMILES string of the molecule is C=C1CCC2[C@]3(C)CO[C@@H](c4ccc(F)c(F)c4)O[C@@H]3CC[C@@]2(C)[C@@H]1CCN1C(=O)CCC1=O.C=C1CCC2[C@]3(C)CO[C@@H](c4ccc(F)c(F)c4)O[C@@H]3CC[C@@]2(C)[C@@H]1CCN1C(=O)COC1=O.C=C1CCC2[C@]3(C)CO[C@@H](c4ccc(F)c(F)c4)O[C@@H]3CC[C@@]2(C)[C@@H]1CCN1CCC(CO)CC1.C=C1CCC2[C@]3(C)CO[C@@H](c4ccc(F)c(F)c4)O[C@@H]3CC[C@@]2(C)[C@@H]1CCN1CCN(C)C1=O. The Kier molecular flexibility index (Phi) is 29.3. The molecule has 8 aliphatic heterocycles. The number of ether oxygens (including phenoxy) is 9. The van der Waals surface area contributed by atoms with Gasteiger partial charge in [0.15, 0.2) is 78.3 Å². The number of carbonyl (C=O) groups is 5. The number of likely N-dealkylation sites (tertiary alicyclic amines) is 2. The summed E-state index contributed by atoms with van der Waals surface area (Å²) < 4.78 is 164. The van der Waals surface area contributed by atoms with Crippen molar-refractivity contribution < 1.29 is 107 Å². The van der Waals surface area contributed by atoms with Crippen LogP contribution in [0.3, 0.4) is 0 Å². The highest BCUT2D eigenvalue weighted by Gasteiger charge is 2.66. The van der Waals surface area contributed by atoms with Crippen molar-refractivity contribution in [2.75, 3.05) is 99.0 Å². The molecule has 16 aliphatic rings. The standard InChI is InChI=1S/C29H41F2NO3.C27H36F2N2O3.C27H33F2NO4.C26H31F2NO5/c1-19-4-7-25-28(2,22(19)11-15-32-13-9-20(17-33)10-14-32)12-8-26-29(25,3)18-34-27(35-26)21-5-6-23(30)24(31)16-21;1-17-5-8-22-26(2,19(17)10-12-31-14-13-30(4)25(31)32)11-9-23-27(22,3)16-33-24(34-23)18-6-7-20(28)21(29)15-18;1-16-4-7-21-26(2,18(16)11-13-30-23(31)8-9-24(30)32)12-10-22-27(21,3)15-33-25(34-22)17-5-6-19(28)20(29)14-17;1-15-4-7-20-25(2,17(15)9-11-29-22(30)13-32-24(29)31)10-8-21-26(20,3)14-33-23(34-21)16-5-6-18(27)19(28)12-16/h5-6,16,20,22,25-27,33H,1,4,7-15,17-18H2,2-3H3;6-7,15,19,22-24H,1,5,8-14,16H2,2-4H3;5-6,14,18,21-22,25H,1,4,7-13,15H2,2-3H3;5-6,12,17,20-21,23H,1,4,7-11,13-14H2,2-3H3/t22-,25?,26-,27-,28+,29+;19-,22?,23-,24-,26+,27+;18-,21?,22-,25-,26+,27+;17-,20?,21-,23-,25+,26+/m1111/s1. The minimum Gasteiger partial charge on any atom is -0.439 e. The maximum Gasteiger partial charge on any atom is 0.417 e. The Morgan fingerprint density at radius 3 is 0.949 bits per heavy atom. The van der Waals surface area contributed by atoms with E-state index in [1.807, 2.05) is 11.9 Å². The fourth-order valence-corrected chi connectivity index (χ4v) is 29.7.